The van der Waals surface area contributed by atoms with E-state index in [9.17, 15) is 4.39 Å². The van der Waals surface area contributed by atoms with Crippen LogP contribution >= 0.6 is 0 Å². The van der Waals surface area contributed by atoms with Gasteiger partial charge in [-0.15, -0.1) is 0 Å². The number of nitrogens with one attached hydrogen (secondary N) is 1. The van der Waals surface area contributed by atoms with Gasteiger partial charge in [0.05, 0.1) is 5.52 Å². The number of pyridine rings is 1. The van der Waals surface area contributed by atoms with E-state index < -0.39 is 5.82 Å². The highest BCUT2D eigenvalue weighted by Gasteiger charge is 2.07. The fourth-order valence-corrected chi connectivity index (χ4v) is 1.50. The van der Waals surface area contributed by atoms with Gasteiger partial charge in [0.15, 0.2) is 0 Å². The zero-order valence-corrected chi connectivity index (χ0v) is 8.21. The minimum absolute atomic E-state index is 0.169. The number of hydrogen-bond acceptors (Lipinski definition) is 2. The lowest BCUT2D eigenvalue weighted by Crippen LogP contribution is -2.12. The van der Waals surface area contributed by atoms with Crippen molar-refractivity contribution in [1.82, 2.24) is 4.98 Å². The molecule has 3 nitrogen and oxygen atoms in total. The van der Waals surface area contributed by atoms with Crippen molar-refractivity contribution in [2.45, 2.75) is 6.92 Å². The molecule has 0 saturated heterocycles. The summed E-state index contributed by atoms with van der Waals surface area (Å²) in [6.45, 7) is 1.84. The SMILES string of the molecule is Cc1ccc2cc(F)cc(C(=N)N)c2n1. The van der Waals surface area contributed by atoms with Crippen LogP contribution < -0.4 is 5.73 Å². The number of nitrogens with zero attached hydrogens (tertiary/aromatic N) is 1. The molecule has 76 valence electrons. The summed E-state index contributed by atoms with van der Waals surface area (Å²) in [7, 11) is 0. The Balaban J connectivity index is 2.87. The van der Waals surface area contributed by atoms with Crippen LogP contribution in [-0.2, 0) is 0 Å². The van der Waals surface area contributed by atoms with Gasteiger partial charge in [0.2, 0.25) is 0 Å². The molecule has 3 N–H and O–H groups in total. The van der Waals surface area contributed by atoms with Gasteiger partial charge in [-0.3, -0.25) is 10.4 Å². The number of aryl methyl sites for hydroxylation is 1. The van der Waals surface area contributed by atoms with Crippen LogP contribution in [0.25, 0.3) is 10.9 Å². The number of hydrogen-bond donors (Lipinski definition) is 2. The summed E-state index contributed by atoms with van der Waals surface area (Å²) in [4.78, 5) is 4.25. The van der Waals surface area contributed by atoms with Crippen molar-refractivity contribution in [2.24, 2.45) is 5.73 Å². The summed E-state index contributed by atoms with van der Waals surface area (Å²) >= 11 is 0. The standard InChI is InChI=1S/C11H10FN3/c1-6-2-3-7-4-8(12)5-9(11(13)14)10(7)15-6/h2-5H,1H3,(H3,13,14). The summed E-state index contributed by atoms with van der Waals surface area (Å²) in [6.07, 6.45) is 0. The zero-order chi connectivity index (χ0) is 11.0. The third kappa shape index (κ3) is 1.66. The number of nitrogens with two attached hydrogens (primary N) is 1. The zero-order valence-electron chi connectivity index (χ0n) is 8.21. The van der Waals surface area contributed by atoms with Gasteiger partial charge in [0, 0.05) is 16.6 Å². The molecule has 1 heterocycles. The fraction of sp³-hybridized carbons (Fsp3) is 0.0909. The van der Waals surface area contributed by atoms with Gasteiger partial charge >= 0.3 is 0 Å². The molecule has 2 rings (SSSR count). The Labute approximate surface area is 86.3 Å². The summed E-state index contributed by atoms with van der Waals surface area (Å²) in [5, 5.41) is 8.01. The third-order valence-electron chi connectivity index (χ3n) is 2.19. The Hall–Kier alpha value is -1.97. The second-order valence-corrected chi connectivity index (χ2v) is 3.39. The number of rotatable bonds is 1. The minimum atomic E-state index is -0.404. The van der Waals surface area contributed by atoms with E-state index in [1.54, 1.807) is 12.1 Å². The van der Waals surface area contributed by atoms with E-state index in [0.717, 1.165) is 5.69 Å². The van der Waals surface area contributed by atoms with Crippen LogP contribution in [0.1, 0.15) is 11.3 Å². The van der Waals surface area contributed by atoms with Crippen LogP contribution in [0.4, 0.5) is 4.39 Å². The average molecular weight is 203 g/mol. The van der Waals surface area contributed by atoms with E-state index in [2.05, 4.69) is 4.98 Å². The molecule has 4 heteroatoms. The number of nitrogen functional groups attached to an aromatic ring is 1. The molecule has 2 aromatic rings. The Morgan fingerprint density at radius 1 is 1.40 bits per heavy atom. The summed E-state index contributed by atoms with van der Waals surface area (Å²) < 4.78 is 13.2. The second-order valence-electron chi connectivity index (χ2n) is 3.39. The molecular weight excluding hydrogens is 193 g/mol. The molecule has 0 unspecified atom stereocenters. The van der Waals surface area contributed by atoms with Crippen LogP contribution in [-0.4, -0.2) is 10.8 Å². The minimum Gasteiger partial charge on any atom is -0.384 e. The van der Waals surface area contributed by atoms with Crippen molar-refractivity contribution in [3.05, 3.63) is 41.3 Å². The van der Waals surface area contributed by atoms with E-state index >= 15 is 0 Å². The van der Waals surface area contributed by atoms with Gasteiger partial charge in [0.25, 0.3) is 0 Å². The fourth-order valence-electron chi connectivity index (χ4n) is 1.50. The van der Waals surface area contributed by atoms with E-state index in [1.165, 1.54) is 12.1 Å². The van der Waals surface area contributed by atoms with Gasteiger partial charge in [-0.2, -0.15) is 0 Å². The van der Waals surface area contributed by atoms with Crippen LogP contribution in [0, 0.1) is 18.2 Å². The predicted molar refractivity (Wildman–Crippen MR) is 57.5 cm³/mol. The smallest absolute Gasteiger partial charge is 0.125 e. The Bertz CT molecular complexity index is 549. The molecule has 0 aliphatic rings. The lowest BCUT2D eigenvalue weighted by atomic mass is 10.1. The molecule has 0 radical (unpaired) electrons. The molecule has 0 aliphatic carbocycles. The summed E-state index contributed by atoms with van der Waals surface area (Å²) in [5.41, 5.74) is 7.11. The molecule has 0 saturated carbocycles. The molecule has 15 heavy (non-hydrogen) atoms. The molecule has 0 bridgehead atoms. The first-order chi connectivity index (χ1) is 7.08. The largest absolute Gasteiger partial charge is 0.384 e. The molecular formula is C11H10FN3. The van der Waals surface area contributed by atoms with Crippen molar-refractivity contribution >= 4 is 16.7 Å². The maximum absolute atomic E-state index is 13.2. The highest BCUT2D eigenvalue weighted by Crippen LogP contribution is 2.18. The van der Waals surface area contributed by atoms with E-state index in [4.69, 9.17) is 11.1 Å². The number of aromatic nitrogens is 1. The molecule has 0 aliphatic heterocycles. The van der Waals surface area contributed by atoms with Crippen molar-refractivity contribution in [2.75, 3.05) is 0 Å². The summed E-state index contributed by atoms with van der Waals surface area (Å²) in [5.74, 6) is -0.573. The monoisotopic (exact) mass is 203 g/mol. The maximum Gasteiger partial charge on any atom is 0.125 e. The van der Waals surface area contributed by atoms with Crippen molar-refractivity contribution in [3.8, 4) is 0 Å². The lowest BCUT2D eigenvalue weighted by Gasteiger charge is -2.05. The molecule has 0 fully saturated rings. The van der Waals surface area contributed by atoms with Crippen LogP contribution in [0.15, 0.2) is 24.3 Å². The summed E-state index contributed by atoms with van der Waals surface area (Å²) in [6, 6.07) is 6.18. The first kappa shape index (κ1) is 9.58. The molecule has 0 amide bonds. The van der Waals surface area contributed by atoms with Gasteiger partial charge < -0.3 is 5.73 Å². The molecule has 1 aromatic heterocycles. The lowest BCUT2D eigenvalue weighted by molar-refractivity contribution is 0.629. The quantitative estimate of drug-likeness (QED) is 0.549. The number of benzene rings is 1. The normalized spacial score (nSPS) is 10.5. The highest BCUT2D eigenvalue weighted by atomic mass is 19.1. The topological polar surface area (TPSA) is 62.8 Å². The second kappa shape index (κ2) is 3.31. The van der Waals surface area contributed by atoms with Crippen molar-refractivity contribution in [1.29, 1.82) is 5.41 Å². The highest BCUT2D eigenvalue weighted by molar-refractivity contribution is 6.06. The third-order valence-corrected chi connectivity index (χ3v) is 2.19. The first-order valence-electron chi connectivity index (χ1n) is 4.49. The van der Waals surface area contributed by atoms with Crippen LogP contribution in [0.3, 0.4) is 0 Å². The van der Waals surface area contributed by atoms with E-state index in [-0.39, 0.29) is 5.84 Å². The maximum atomic E-state index is 13.2. The Morgan fingerprint density at radius 2 is 2.13 bits per heavy atom. The molecule has 0 spiro atoms. The van der Waals surface area contributed by atoms with Crippen molar-refractivity contribution < 1.29 is 4.39 Å². The molecule has 0 atom stereocenters. The number of fused-ring (bicyclic) bond motifs is 1. The van der Waals surface area contributed by atoms with Crippen LogP contribution in [0.5, 0.6) is 0 Å². The van der Waals surface area contributed by atoms with Crippen LogP contribution in [0.2, 0.25) is 0 Å². The van der Waals surface area contributed by atoms with Gasteiger partial charge in [-0.05, 0) is 25.1 Å². The Morgan fingerprint density at radius 3 is 2.80 bits per heavy atom. The van der Waals surface area contributed by atoms with E-state index in [0.29, 0.717) is 16.5 Å². The van der Waals surface area contributed by atoms with Gasteiger partial charge in [-0.25, -0.2) is 4.39 Å². The number of halogens is 1. The predicted octanol–water partition coefficient (Wildman–Crippen LogP) is 1.97. The van der Waals surface area contributed by atoms with Gasteiger partial charge in [0.1, 0.15) is 11.7 Å². The van der Waals surface area contributed by atoms with E-state index in [1.807, 2.05) is 6.92 Å². The average Bonchev–Trinajstić information content (AvgIpc) is 2.17. The Kier molecular flexibility index (Phi) is 2.11. The molecule has 1 aromatic carbocycles. The number of amidine groups is 1. The van der Waals surface area contributed by atoms with Crippen molar-refractivity contribution in [3.63, 3.8) is 0 Å². The van der Waals surface area contributed by atoms with Gasteiger partial charge in [-0.1, -0.05) is 6.07 Å². The first-order valence-corrected chi connectivity index (χ1v) is 4.49.